The zero-order valence-corrected chi connectivity index (χ0v) is 15.6. The van der Waals surface area contributed by atoms with Gasteiger partial charge in [0.05, 0.1) is 12.6 Å². The first kappa shape index (κ1) is 21.2. The Labute approximate surface area is 171 Å². The van der Waals surface area contributed by atoms with Crippen molar-refractivity contribution < 1.29 is 32.6 Å². The van der Waals surface area contributed by atoms with Gasteiger partial charge in [0.2, 0.25) is 5.91 Å². The van der Waals surface area contributed by atoms with E-state index in [1.165, 1.54) is 18.3 Å². The smallest absolute Gasteiger partial charge is 0.433 e. The van der Waals surface area contributed by atoms with Crippen LogP contribution in [0.25, 0.3) is 0 Å². The normalized spacial score (nSPS) is 18.0. The largest absolute Gasteiger partial charge is 0.481 e. The van der Waals surface area contributed by atoms with Gasteiger partial charge in [0.25, 0.3) is 0 Å². The minimum absolute atomic E-state index is 0.184. The Morgan fingerprint density at radius 3 is 2.70 bits per heavy atom. The SMILES string of the molecule is O=C(O)CC1SC(=NN=Cc2ccc(Oc3nccc(C(F)(F)F)n3)cc2)NC1=O. The van der Waals surface area contributed by atoms with E-state index in [9.17, 15) is 22.8 Å². The van der Waals surface area contributed by atoms with Crippen LogP contribution in [0.1, 0.15) is 17.7 Å². The van der Waals surface area contributed by atoms with E-state index < -0.39 is 35.0 Å². The van der Waals surface area contributed by atoms with Gasteiger partial charge < -0.3 is 15.2 Å². The maximum absolute atomic E-state index is 12.7. The summed E-state index contributed by atoms with van der Waals surface area (Å²) in [5, 5.41) is 18.2. The minimum atomic E-state index is -4.60. The van der Waals surface area contributed by atoms with Crippen LogP contribution in [0.2, 0.25) is 0 Å². The number of aliphatic carboxylic acids is 1. The number of nitrogens with one attached hydrogen (secondary N) is 1. The van der Waals surface area contributed by atoms with E-state index in [0.29, 0.717) is 5.56 Å². The Morgan fingerprint density at radius 1 is 1.30 bits per heavy atom. The molecule has 9 nitrogen and oxygen atoms in total. The van der Waals surface area contributed by atoms with Crippen molar-refractivity contribution in [2.24, 2.45) is 10.2 Å². The van der Waals surface area contributed by atoms with Gasteiger partial charge in [-0.1, -0.05) is 11.8 Å². The van der Waals surface area contributed by atoms with Gasteiger partial charge in [-0.15, -0.1) is 5.10 Å². The van der Waals surface area contributed by atoms with Crippen molar-refractivity contribution in [3.63, 3.8) is 0 Å². The monoisotopic (exact) mass is 439 g/mol. The van der Waals surface area contributed by atoms with E-state index in [1.54, 1.807) is 12.1 Å². The second-order valence-electron chi connectivity index (χ2n) is 5.74. The van der Waals surface area contributed by atoms with Crippen LogP contribution in [0.3, 0.4) is 0 Å². The van der Waals surface area contributed by atoms with Gasteiger partial charge in [-0.3, -0.25) is 9.59 Å². The first-order valence-electron chi connectivity index (χ1n) is 8.19. The van der Waals surface area contributed by atoms with E-state index in [0.717, 1.165) is 24.0 Å². The van der Waals surface area contributed by atoms with Gasteiger partial charge in [0.1, 0.15) is 11.0 Å². The molecule has 1 aliphatic heterocycles. The van der Waals surface area contributed by atoms with Crippen LogP contribution in [-0.4, -0.2) is 43.6 Å². The predicted molar refractivity (Wildman–Crippen MR) is 100 cm³/mol. The number of aromatic nitrogens is 2. The molecule has 1 aromatic carbocycles. The molecule has 0 radical (unpaired) electrons. The van der Waals surface area contributed by atoms with Crippen molar-refractivity contribution >= 4 is 35.0 Å². The second-order valence-corrected chi connectivity index (χ2v) is 6.93. The number of benzene rings is 1. The fourth-order valence-electron chi connectivity index (χ4n) is 2.17. The molecule has 2 heterocycles. The molecule has 0 spiro atoms. The molecule has 1 atom stereocenters. The van der Waals surface area contributed by atoms with Crippen LogP contribution >= 0.6 is 11.8 Å². The molecule has 0 bridgehead atoms. The highest BCUT2D eigenvalue weighted by Gasteiger charge is 2.33. The molecule has 1 aliphatic rings. The third-order valence-corrected chi connectivity index (χ3v) is 4.58. The van der Waals surface area contributed by atoms with Crippen molar-refractivity contribution in [1.82, 2.24) is 15.3 Å². The van der Waals surface area contributed by atoms with Crippen molar-refractivity contribution in [2.45, 2.75) is 17.8 Å². The van der Waals surface area contributed by atoms with Crippen molar-refractivity contribution in [1.29, 1.82) is 0 Å². The predicted octanol–water partition coefficient (Wildman–Crippen LogP) is 2.68. The molecular weight excluding hydrogens is 427 g/mol. The number of hydrogen-bond acceptors (Lipinski definition) is 8. The lowest BCUT2D eigenvalue weighted by Crippen LogP contribution is -2.26. The first-order chi connectivity index (χ1) is 14.2. The average Bonchev–Trinajstić information content (AvgIpc) is 3.01. The minimum Gasteiger partial charge on any atom is -0.481 e. The van der Waals surface area contributed by atoms with Gasteiger partial charge in [0, 0.05) is 6.20 Å². The Morgan fingerprint density at radius 2 is 2.03 bits per heavy atom. The summed E-state index contributed by atoms with van der Waals surface area (Å²) in [5.74, 6) is -1.33. The Balaban J connectivity index is 1.60. The fraction of sp³-hybridized carbons (Fsp3) is 0.176. The lowest BCUT2D eigenvalue weighted by Gasteiger charge is -2.07. The molecule has 1 amide bonds. The summed E-state index contributed by atoms with van der Waals surface area (Å²) in [7, 11) is 0. The van der Waals surface area contributed by atoms with Crippen molar-refractivity contribution in [3.05, 3.63) is 47.8 Å². The molecule has 156 valence electrons. The number of amidine groups is 1. The first-order valence-corrected chi connectivity index (χ1v) is 9.07. The second kappa shape index (κ2) is 8.90. The topological polar surface area (TPSA) is 126 Å². The number of halogens is 3. The zero-order chi connectivity index (χ0) is 21.7. The van der Waals surface area contributed by atoms with Gasteiger partial charge in [-0.05, 0) is 35.9 Å². The standard InChI is InChI=1S/C17H12F3N5O4S/c18-17(19,20)12-5-6-21-15(23-12)29-10-3-1-9(2-4-10)8-22-25-16-24-14(28)11(30-16)7-13(26)27/h1-6,8,11H,7H2,(H,26,27)(H,24,25,28). The van der Waals surface area contributed by atoms with Crippen LogP contribution in [0.15, 0.2) is 46.7 Å². The quantitative estimate of drug-likeness (QED) is 0.523. The van der Waals surface area contributed by atoms with Crippen LogP contribution < -0.4 is 10.1 Å². The van der Waals surface area contributed by atoms with E-state index in [4.69, 9.17) is 9.84 Å². The highest BCUT2D eigenvalue weighted by molar-refractivity contribution is 8.15. The van der Waals surface area contributed by atoms with Gasteiger partial charge in [-0.25, -0.2) is 4.98 Å². The molecular formula is C17H12F3N5O4S. The third-order valence-electron chi connectivity index (χ3n) is 3.50. The molecule has 0 aliphatic carbocycles. The molecule has 1 saturated heterocycles. The number of hydrogen-bond donors (Lipinski definition) is 2. The molecule has 1 unspecified atom stereocenters. The number of carboxylic acids is 1. The average molecular weight is 439 g/mol. The van der Waals surface area contributed by atoms with Gasteiger partial charge in [0.15, 0.2) is 10.9 Å². The lowest BCUT2D eigenvalue weighted by molar-refractivity contribution is -0.141. The molecule has 1 aromatic heterocycles. The van der Waals surface area contributed by atoms with Crippen molar-refractivity contribution in [2.75, 3.05) is 0 Å². The number of alkyl halides is 3. The van der Waals surface area contributed by atoms with E-state index in [2.05, 4.69) is 25.5 Å². The zero-order valence-electron chi connectivity index (χ0n) is 14.8. The van der Waals surface area contributed by atoms with Crippen LogP contribution in [0.5, 0.6) is 11.8 Å². The molecule has 13 heteroatoms. The summed E-state index contributed by atoms with van der Waals surface area (Å²) in [6.07, 6.45) is -2.61. The molecule has 0 saturated carbocycles. The number of carboxylic acid groups (broad SMARTS) is 1. The van der Waals surface area contributed by atoms with E-state index >= 15 is 0 Å². The Kier molecular flexibility index (Phi) is 6.30. The third kappa shape index (κ3) is 5.76. The lowest BCUT2D eigenvalue weighted by atomic mass is 10.2. The van der Waals surface area contributed by atoms with Crippen LogP contribution in [0.4, 0.5) is 13.2 Å². The molecule has 2 N–H and O–H groups in total. The maximum atomic E-state index is 12.7. The number of thioether (sulfide) groups is 1. The fourth-order valence-corrected chi connectivity index (χ4v) is 3.08. The summed E-state index contributed by atoms with van der Waals surface area (Å²) in [5.41, 5.74) is -0.522. The maximum Gasteiger partial charge on any atom is 0.433 e. The van der Waals surface area contributed by atoms with Crippen LogP contribution in [-0.2, 0) is 15.8 Å². The Bertz CT molecular complexity index is 1010. The molecule has 30 heavy (non-hydrogen) atoms. The summed E-state index contributed by atoms with van der Waals surface area (Å²) in [4.78, 5) is 29.2. The van der Waals surface area contributed by atoms with Crippen LogP contribution in [0, 0.1) is 0 Å². The molecule has 3 rings (SSSR count). The summed E-state index contributed by atoms with van der Waals surface area (Å²) < 4.78 is 43.2. The number of amides is 1. The number of nitrogens with zero attached hydrogens (tertiary/aromatic N) is 4. The molecule has 1 fully saturated rings. The molecule has 2 aromatic rings. The van der Waals surface area contributed by atoms with Crippen molar-refractivity contribution in [3.8, 4) is 11.8 Å². The van der Waals surface area contributed by atoms with Gasteiger partial charge >= 0.3 is 18.2 Å². The summed E-state index contributed by atoms with van der Waals surface area (Å²) in [6, 6.07) is 6.39. The summed E-state index contributed by atoms with van der Waals surface area (Å²) in [6.45, 7) is 0. The highest BCUT2D eigenvalue weighted by Crippen LogP contribution is 2.29. The summed E-state index contributed by atoms with van der Waals surface area (Å²) >= 11 is 0.970. The highest BCUT2D eigenvalue weighted by atomic mass is 32.2. The number of carbonyl (C=O) groups is 2. The van der Waals surface area contributed by atoms with Gasteiger partial charge in [-0.2, -0.15) is 23.3 Å². The number of carbonyl (C=O) groups excluding carboxylic acids is 1. The van der Waals surface area contributed by atoms with E-state index in [1.807, 2.05) is 0 Å². The number of ether oxygens (including phenoxy) is 1. The Hall–Kier alpha value is -3.48. The number of rotatable bonds is 6. The van der Waals surface area contributed by atoms with E-state index in [-0.39, 0.29) is 17.3 Å².